The third-order valence-corrected chi connectivity index (χ3v) is 4.59. The molecule has 0 unspecified atom stereocenters. The van der Waals surface area contributed by atoms with Crippen LogP contribution in [0.15, 0.2) is 23.5 Å². The van der Waals surface area contributed by atoms with Crippen LogP contribution in [0.25, 0.3) is 16.7 Å². The molecule has 0 spiro atoms. The van der Waals surface area contributed by atoms with E-state index in [1.165, 1.54) is 17.8 Å². The van der Waals surface area contributed by atoms with Gasteiger partial charge in [-0.3, -0.25) is 0 Å². The summed E-state index contributed by atoms with van der Waals surface area (Å²) >= 11 is 19.0. The molecule has 4 nitrogen and oxygen atoms in total. The molecule has 11 heteroatoms. The first kappa shape index (κ1) is 17.6. The number of halogens is 6. The second-order valence-corrected chi connectivity index (χ2v) is 6.56. The fraction of sp³-hybridized carbons (Fsp3) is 0.154. The summed E-state index contributed by atoms with van der Waals surface area (Å²) in [6, 6.07) is 2.00. The summed E-state index contributed by atoms with van der Waals surface area (Å²) < 4.78 is 41.3. The van der Waals surface area contributed by atoms with E-state index < -0.39 is 11.7 Å². The molecule has 0 amide bonds. The van der Waals surface area contributed by atoms with Gasteiger partial charge >= 0.3 is 6.18 Å². The maximum Gasteiger partial charge on any atom is 0.418 e. The van der Waals surface area contributed by atoms with Gasteiger partial charge in [0.2, 0.25) is 0 Å². The monoisotopic (exact) mass is 412 g/mol. The van der Waals surface area contributed by atoms with E-state index in [1.54, 1.807) is 6.26 Å². The van der Waals surface area contributed by atoms with Crippen LogP contribution in [-0.2, 0) is 6.18 Å². The fourth-order valence-corrected chi connectivity index (χ4v) is 3.59. The van der Waals surface area contributed by atoms with E-state index in [9.17, 15) is 13.2 Å². The zero-order chi connectivity index (χ0) is 17.6. The average molecular weight is 414 g/mol. The first-order chi connectivity index (χ1) is 11.2. The summed E-state index contributed by atoms with van der Waals surface area (Å²) in [5.74, 6) is 0. The Morgan fingerprint density at radius 3 is 2.46 bits per heavy atom. The number of alkyl halides is 3. The van der Waals surface area contributed by atoms with E-state index in [1.807, 2.05) is 0 Å². The zero-order valence-electron chi connectivity index (χ0n) is 11.7. The Kier molecular flexibility index (Phi) is 4.59. The van der Waals surface area contributed by atoms with Crippen LogP contribution in [0.2, 0.25) is 15.2 Å². The van der Waals surface area contributed by atoms with Gasteiger partial charge < -0.3 is 0 Å². The summed E-state index contributed by atoms with van der Waals surface area (Å²) in [6.45, 7) is 0. The van der Waals surface area contributed by atoms with Gasteiger partial charge in [-0.05, 0) is 18.4 Å². The fourth-order valence-electron chi connectivity index (χ4n) is 2.18. The Morgan fingerprint density at radius 2 is 1.83 bits per heavy atom. The highest BCUT2D eigenvalue weighted by Crippen LogP contribution is 2.41. The lowest BCUT2D eigenvalue weighted by molar-refractivity contribution is -0.137. The lowest BCUT2D eigenvalue weighted by Gasteiger charge is -2.15. The Labute approximate surface area is 152 Å². The van der Waals surface area contributed by atoms with Crippen LogP contribution in [-0.4, -0.2) is 26.0 Å². The molecule has 0 atom stereocenters. The van der Waals surface area contributed by atoms with Crippen LogP contribution < -0.4 is 0 Å². The molecular formula is C13H6Cl3F3N4S. The summed E-state index contributed by atoms with van der Waals surface area (Å²) in [4.78, 5) is 7.85. The molecule has 0 aliphatic heterocycles. The summed E-state index contributed by atoms with van der Waals surface area (Å²) in [5.41, 5.74) is -1.27. The van der Waals surface area contributed by atoms with E-state index in [4.69, 9.17) is 34.8 Å². The molecule has 1 aromatic carbocycles. The molecule has 0 radical (unpaired) electrons. The standard InChI is InChI=1S/C13H6Cl3F3N4S/c1-24-12-8-10(16)20-4-21-11(8)23(22-12)9-6(13(17,18)19)2-5(14)3-7(9)15/h2-4H,1H3. The first-order valence-corrected chi connectivity index (χ1v) is 8.59. The molecule has 0 bridgehead atoms. The Morgan fingerprint density at radius 1 is 1.12 bits per heavy atom. The van der Waals surface area contributed by atoms with Gasteiger partial charge in [0.25, 0.3) is 0 Å². The number of fused-ring (bicyclic) bond motifs is 1. The van der Waals surface area contributed by atoms with Gasteiger partial charge in [0.1, 0.15) is 16.5 Å². The third-order valence-electron chi connectivity index (χ3n) is 3.13. The lowest BCUT2D eigenvalue weighted by atomic mass is 10.1. The van der Waals surface area contributed by atoms with Crippen LogP contribution in [0.1, 0.15) is 5.56 Å². The number of hydrogen-bond donors (Lipinski definition) is 0. The quantitative estimate of drug-likeness (QED) is 0.410. The highest BCUT2D eigenvalue weighted by Gasteiger charge is 2.37. The van der Waals surface area contributed by atoms with Crippen molar-refractivity contribution < 1.29 is 13.2 Å². The largest absolute Gasteiger partial charge is 0.418 e. The average Bonchev–Trinajstić information content (AvgIpc) is 2.85. The second-order valence-electron chi connectivity index (χ2n) is 4.57. The maximum absolute atomic E-state index is 13.4. The highest BCUT2D eigenvalue weighted by atomic mass is 35.5. The topological polar surface area (TPSA) is 43.6 Å². The SMILES string of the molecule is CSc1nn(-c2c(Cl)cc(Cl)cc2C(F)(F)F)c2ncnc(Cl)c12. The van der Waals surface area contributed by atoms with Crippen molar-refractivity contribution in [3.8, 4) is 5.69 Å². The molecule has 2 aromatic heterocycles. The van der Waals surface area contributed by atoms with E-state index in [-0.39, 0.29) is 26.5 Å². The van der Waals surface area contributed by atoms with Gasteiger partial charge in [0.15, 0.2) is 5.65 Å². The van der Waals surface area contributed by atoms with Gasteiger partial charge in [0, 0.05) is 5.02 Å². The molecule has 0 aliphatic rings. The number of thioether (sulfide) groups is 1. The lowest BCUT2D eigenvalue weighted by Crippen LogP contribution is -2.12. The van der Waals surface area contributed by atoms with Gasteiger partial charge in [0.05, 0.1) is 21.7 Å². The molecule has 24 heavy (non-hydrogen) atoms. The minimum absolute atomic E-state index is 0.0919. The van der Waals surface area contributed by atoms with Crippen molar-refractivity contribution in [1.82, 2.24) is 19.7 Å². The van der Waals surface area contributed by atoms with Crippen LogP contribution >= 0.6 is 46.6 Å². The predicted molar refractivity (Wildman–Crippen MR) is 88.5 cm³/mol. The summed E-state index contributed by atoms with van der Waals surface area (Å²) in [6.07, 6.45) is -1.83. The molecule has 2 heterocycles. The van der Waals surface area contributed by atoms with Crippen LogP contribution in [0, 0.1) is 0 Å². The molecule has 3 rings (SSSR count). The molecule has 0 aliphatic carbocycles. The molecule has 0 saturated carbocycles. The molecule has 0 saturated heterocycles. The number of benzene rings is 1. The van der Waals surface area contributed by atoms with Gasteiger partial charge in [-0.15, -0.1) is 11.8 Å². The van der Waals surface area contributed by atoms with Crippen LogP contribution in [0.3, 0.4) is 0 Å². The van der Waals surface area contributed by atoms with E-state index in [2.05, 4.69) is 15.1 Å². The van der Waals surface area contributed by atoms with Crippen molar-refractivity contribution >= 4 is 57.6 Å². The number of hydrogen-bond acceptors (Lipinski definition) is 4. The van der Waals surface area contributed by atoms with Crippen molar-refractivity contribution in [2.45, 2.75) is 11.2 Å². The minimum Gasteiger partial charge on any atom is -0.224 e. The Hall–Kier alpha value is -1.22. The Bertz CT molecular complexity index is 942. The highest BCUT2D eigenvalue weighted by molar-refractivity contribution is 7.98. The molecule has 126 valence electrons. The molecular weight excluding hydrogens is 408 g/mol. The summed E-state index contributed by atoms with van der Waals surface area (Å²) in [5, 5.41) is 4.66. The normalized spacial score (nSPS) is 12.1. The molecule has 0 N–H and O–H groups in total. The van der Waals surface area contributed by atoms with Gasteiger partial charge in [-0.1, -0.05) is 34.8 Å². The first-order valence-electron chi connectivity index (χ1n) is 6.24. The van der Waals surface area contributed by atoms with Crippen molar-refractivity contribution in [2.24, 2.45) is 0 Å². The molecule has 3 aromatic rings. The van der Waals surface area contributed by atoms with E-state index >= 15 is 0 Å². The molecule has 0 fully saturated rings. The number of aromatic nitrogens is 4. The van der Waals surface area contributed by atoms with Crippen LogP contribution in [0.5, 0.6) is 0 Å². The minimum atomic E-state index is -4.68. The van der Waals surface area contributed by atoms with Crippen molar-refractivity contribution in [3.05, 3.63) is 39.2 Å². The second kappa shape index (κ2) is 6.25. The Balaban J connectivity index is 2.43. The van der Waals surface area contributed by atoms with Crippen molar-refractivity contribution in [3.63, 3.8) is 0 Å². The third kappa shape index (κ3) is 2.92. The number of nitrogens with zero attached hydrogens (tertiary/aromatic N) is 4. The van der Waals surface area contributed by atoms with Crippen LogP contribution in [0.4, 0.5) is 13.2 Å². The maximum atomic E-state index is 13.4. The number of rotatable bonds is 2. The van der Waals surface area contributed by atoms with E-state index in [0.29, 0.717) is 10.4 Å². The van der Waals surface area contributed by atoms with Crippen molar-refractivity contribution in [1.29, 1.82) is 0 Å². The van der Waals surface area contributed by atoms with Gasteiger partial charge in [-0.25, -0.2) is 14.6 Å². The predicted octanol–water partition coefficient (Wildman–Crippen LogP) is 5.52. The van der Waals surface area contributed by atoms with Gasteiger partial charge in [-0.2, -0.15) is 18.3 Å². The van der Waals surface area contributed by atoms with E-state index in [0.717, 1.165) is 17.1 Å². The summed E-state index contributed by atoms with van der Waals surface area (Å²) in [7, 11) is 0. The van der Waals surface area contributed by atoms with Crippen molar-refractivity contribution in [2.75, 3.05) is 6.26 Å². The zero-order valence-corrected chi connectivity index (χ0v) is 14.8. The smallest absolute Gasteiger partial charge is 0.224 e.